The number of aromatic nitrogens is 4. The van der Waals surface area contributed by atoms with Gasteiger partial charge in [0.25, 0.3) is 0 Å². The minimum absolute atomic E-state index is 0.00370. The van der Waals surface area contributed by atoms with E-state index in [1.165, 1.54) is 12.0 Å². The van der Waals surface area contributed by atoms with Crippen LogP contribution in [-0.2, 0) is 24.3 Å². The van der Waals surface area contributed by atoms with Crippen LogP contribution in [0.5, 0.6) is 11.5 Å². The van der Waals surface area contributed by atoms with Crippen molar-refractivity contribution in [1.82, 2.24) is 24.4 Å². The predicted molar refractivity (Wildman–Crippen MR) is 125 cm³/mol. The topological polar surface area (TPSA) is 85.6 Å². The van der Waals surface area contributed by atoms with Crippen LogP contribution < -0.4 is 14.4 Å². The molecule has 2 aromatic heterocycles. The molecule has 0 radical (unpaired) electrons. The van der Waals surface area contributed by atoms with Crippen LogP contribution in [0.4, 0.5) is 5.82 Å². The Morgan fingerprint density at radius 3 is 2.48 bits per heavy atom. The van der Waals surface area contributed by atoms with E-state index in [4.69, 9.17) is 21.1 Å². The van der Waals surface area contributed by atoms with Crippen molar-refractivity contribution in [2.45, 2.75) is 38.8 Å². The fraction of sp³-hybridized carbons (Fsp3) is 0.478. The number of hydrogen-bond donors (Lipinski definition) is 0. The lowest BCUT2D eigenvalue weighted by atomic mass is 9.98. The monoisotopic (exact) mass is 470 g/mol. The van der Waals surface area contributed by atoms with Crippen LogP contribution in [-0.4, -0.2) is 64.2 Å². The first-order valence-electron chi connectivity index (χ1n) is 11.2. The van der Waals surface area contributed by atoms with Crippen LogP contribution in [0.1, 0.15) is 30.4 Å². The molecule has 9 nitrogen and oxygen atoms in total. The molecule has 1 amide bonds. The Balaban J connectivity index is 1.37. The minimum atomic E-state index is 0.00370. The molecule has 3 aromatic rings. The molecule has 0 saturated carbocycles. The molecule has 0 spiro atoms. The number of amides is 1. The van der Waals surface area contributed by atoms with Crippen molar-refractivity contribution < 1.29 is 14.3 Å². The molecule has 1 fully saturated rings. The van der Waals surface area contributed by atoms with Gasteiger partial charge in [-0.1, -0.05) is 0 Å². The summed E-state index contributed by atoms with van der Waals surface area (Å²) in [7, 11) is 3.25. The number of ether oxygens (including phenoxy) is 2. The number of rotatable bonds is 5. The van der Waals surface area contributed by atoms with Gasteiger partial charge in [0.05, 0.1) is 20.5 Å². The molecule has 1 aromatic carbocycles. The lowest BCUT2D eigenvalue weighted by molar-refractivity contribution is -0.132. The summed E-state index contributed by atoms with van der Waals surface area (Å²) in [5, 5.41) is 0.171. The Kier molecular flexibility index (Phi) is 5.97. The van der Waals surface area contributed by atoms with Crippen molar-refractivity contribution in [2.24, 2.45) is 0 Å². The number of methoxy groups -OCH3 is 2. The number of hydrogen-bond acceptors (Lipinski definition) is 7. The van der Waals surface area contributed by atoms with Crippen LogP contribution in [0.3, 0.4) is 0 Å². The third-order valence-electron chi connectivity index (χ3n) is 6.45. The van der Waals surface area contributed by atoms with E-state index in [0.29, 0.717) is 35.8 Å². The van der Waals surface area contributed by atoms with E-state index in [0.717, 1.165) is 43.7 Å². The molecule has 0 atom stereocenters. The average molecular weight is 471 g/mol. The lowest BCUT2D eigenvalue weighted by Gasteiger charge is -2.30. The normalized spacial score (nSPS) is 16.1. The highest BCUT2D eigenvalue weighted by Crippen LogP contribution is 2.33. The standard InChI is InChI=1S/C23H27ClN6O3/c1-32-17-10-15-6-9-29(12-16(15)11-18(17)33-2)19(31)13-30-14-25-20-21(26-23(24)27-22(20)30)28-7-4-3-5-8-28/h10-11,14H,3-9,12-13H2,1-2H3. The van der Waals surface area contributed by atoms with E-state index in [1.807, 2.05) is 17.0 Å². The molecule has 0 unspecified atom stereocenters. The maximum absolute atomic E-state index is 13.2. The van der Waals surface area contributed by atoms with Gasteiger partial charge in [-0.15, -0.1) is 0 Å². The second kappa shape index (κ2) is 9.05. The number of piperidine rings is 1. The summed E-state index contributed by atoms with van der Waals surface area (Å²) in [6.07, 6.45) is 5.88. The van der Waals surface area contributed by atoms with Crippen molar-refractivity contribution in [1.29, 1.82) is 0 Å². The van der Waals surface area contributed by atoms with Crippen molar-refractivity contribution >= 4 is 34.5 Å². The number of anilines is 1. The number of halogens is 1. The number of carbonyl (C=O) groups is 1. The Morgan fingerprint density at radius 2 is 1.76 bits per heavy atom. The van der Waals surface area contributed by atoms with E-state index in [1.54, 1.807) is 25.1 Å². The fourth-order valence-electron chi connectivity index (χ4n) is 4.69. The molecule has 1 saturated heterocycles. The van der Waals surface area contributed by atoms with Gasteiger partial charge in [0.1, 0.15) is 6.54 Å². The van der Waals surface area contributed by atoms with Gasteiger partial charge in [-0.25, -0.2) is 4.98 Å². The van der Waals surface area contributed by atoms with Gasteiger partial charge in [-0.3, -0.25) is 4.79 Å². The second-order valence-electron chi connectivity index (χ2n) is 8.45. The molecule has 0 N–H and O–H groups in total. The molecule has 0 bridgehead atoms. The van der Waals surface area contributed by atoms with E-state index >= 15 is 0 Å². The molecular weight excluding hydrogens is 444 g/mol. The first kappa shape index (κ1) is 21.8. The van der Waals surface area contributed by atoms with E-state index in [-0.39, 0.29) is 17.7 Å². The van der Waals surface area contributed by atoms with Gasteiger partial charge in [-0.05, 0) is 60.5 Å². The molecule has 10 heteroatoms. The van der Waals surface area contributed by atoms with Crippen LogP contribution in [0.15, 0.2) is 18.5 Å². The molecule has 174 valence electrons. The van der Waals surface area contributed by atoms with E-state index in [9.17, 15) is 4.79 Å². The Hall–Kier alpha value is -3.07. The second-order valence-corrected chi connectivity index (χ2v) is 8.79. The number of carbonyl (C=O) groups excluding carboxylic acids is 1. The number of benzene rings is 1. The smallest absolute Gasteiger partial charge is 0.242 e. The van der Waals surface area contributed by atoms with Gasteiger partial charge in [0.15, 0.2) is 28.5 Å². The van der Waals surface area contributed by atoms with Gasteiger partial charge < -0.3 is 23.8 Å². The van der Waals surface area contributed by atoms with Crippen LogP contribution in [0, 0.1) is 0 Å². The zero-order valence-electron chi connectivity index (χ0n) is 18.9. The van der Waals surface area contributed by atoms with Crippen molar-refractivity contribution in [3.63, 3.8) is 0 Å². The lowest BCUT2D eigenvalue weighted by Crippen LogP contribution is -2.38. The molecule has 4 heterocycles. The predicted octanol–water partition coefficient (Wildman–Crippen LogP) is 3.07. The van der Waals surface area contributed by atoms with Crippen LogP contribution in [0.25, 0.3) is 11.2 Å². The largest absolute Gasteiger partial charge is 0.493 e. The van der Waals surface area contributed by atoms with E-state index in [2.05, 4.69) is 19.9 Å². The molecular formula is C23H27ClN6O3. The van der Waals surface area contributed by atoms with Gasteiger partial charge >= 0.3 is 0 Å². The summed E-state index contributed by atoms with van der Waals surface area (Å²) in [6.45, 7) is 3.16. The Morgan fingerprint density at radius 1 is 1.03 bits per heavy atom. The Labute approximate surface area is 197 Å². The highest BCUT2D eigenvalue weighted by Gasteiger charge is 2.25. The first-order valence-corrected chi connectivity index (χ1v) is 11.6. The van der Waals surface area contributed by atoms with Crippen molar-refractivity contribution in [3.8, 4) is 11.5 Å². The summed E-state index contributed by atoms with van der Waals surface area (Å²) in [5.41, 5.74) is 3.53. The van der Waals surface area contributed by atoms with E-state index < -0.39 is 0 Å². The minimum Gasteiger partial charge on any atom is -0.493 e. The third kappa shape index (κ3) is 4.17. The summed E-state index contributed by atoms with van der Waals surface area (Å²) in [6, 6.07) is 3.96. The van der Waals surface area contributed by atoms with Gasteiger partial charge in [-0.2, -0.15) is 9.97 Å². The highest BCUT2D eigenvalue weighted by atomic mass is 35.5. The summed E-state index contributed by atoms with van der Waals surface area (Å²) in [4.78, 5) is 30.7. The fourth-order valence-corrected chi connectivity index (χ4v) is 4.85. The average Bonchev–Trinajstić information content (AvgIpc) is 3.24. The maximum Gasteiger partial charge on any atom is 0.242 e. The Bertz CT molecular complexity index is 1190. The third-order valence-corrected chi connectivity index (χ3v) is 6.62. The molecule has 5 rings (SSSR count). The zero-order valence-corrected chi connectivity index (χ0v) is 19.6. The van der Waals surface area contributed by atoms with Gasteiger partial charge in [0.2, 0.25) is 11.2 Å². The molecule has 2 aliphatic heterocycles. The number of nitrogens with zero attached hydrogens (tertiary/aromatic N) is 6. The zero-order chi connectivity index (χ0) is 22.9. The quantitative estimate of drug-likeness (QED) is 0.529. The van der Waals surface area contributed by atoms with Gasteiger partial charge in [0, 0.05) is 26.2 Å². The highest BCUT2D eigenvalue weighted by molar-refractivity contribution is 6.28. The van der Waals surface area contributed by atoms with Crippen LogP contribution >= 0.6 is 11.6 Å². The van der Waals surface area contributed by atoms with Crippen molar-refractivity contribution in [3.05, 3.63) is 34.9 Å². The summed E-state index contributed by atoms with van der Waals surface area (Å²) < 4.78 is 12.6. The summed E-state index contributed by atoms with van der Waals surface area (Å²) >= 11 is 6.26. The number of fused-ring (bicyclic) bond motifs is 2. The number of imidazole rings is 1. The van der Waals surface area contributed by atoms with Crippen molar-refractivity contribution in [2.75, 3.05) is 38.8 Å². The summed E-state index contributed by atoms with van der Waals surface area (Å²) in [5.74, 6) is 2.14. The first-order chi connectivity index (χ1) is 16.1. The maximum atomic E-state index is 13.2. The van der Waals surface area contributed by atoms with Crippen LogP contribution in [0.2, 0.25) is 5.28 Å². The SMILES string of the molecule is COc1cc2c(cc1OC)CN(C(=O)Cn1cnc3c(N4CCCCC4)nc(Cl)nc31)CC2. The molecule has 2 aliphatic rings. The molecule has 33 heavy (non-hydrogen) atoms. The molecule has 0 aliphatic carbocycles.